The predicted molar refractivity (Wildman–Crippen MR) is 75.3 cm³/mol. The number of anilines is 1. The monoisotopic (exact) mass is 287 g/mol. The summed E-state index contributed by atoms with van der Waals surface area (Å²) in [5.41, 5.74) is 1.28. The predicted octanol–water partition coefficient (Wildman–Crippen LogP) is 2.57. The fourth-order valence-corrected chi connectivity index (χ4v) is 2.60. The van der Waals surface area contributed by atoms with Crippen LogP contribution in [0.3, 0.4) is 0 Å². The highest BCUT2D eigenvalue weighted by Gasteiger charge is 2.15. The molecule has 0 aliphatic heterocycles. The minimum atomic E-state index is -1.06. The molecule has 0 fully saturated rings. The average Bonchev–Trinajstić information content (AvgIpc) is 3.05. The molecule has 0 unspecified atom stereocenters. The summed E-state index contributed by atoms with van der Waals surface area (Å²) in [6, 6.07) is 6.58. The van der Waals surface area contributed by atoms with Gasteiger partial charge >= 0.3 is 5.97 Å². The van der Waals surface area contributed by atoms with Gasteiger partial charge in [0.2, 0.25) is 0 Å². The van der Waals surface area contributed by atoms with Gasteiger partial charge in [-0.1, -0.05) is 6.07 Å². The van der Waals surface area contributed by atoms with E-state index in [0.717, 1.165) is 10.9 Å². The van der Waals surface area contributed by atoms with Gasteiger partial charge in [-0.15, -0.1) is 11.3 Å². The van der Waals surface area contributed by atoms with Crippen molar-refractivity contribution in [2.24, 2.45) is 0 Å². The SMILES string of the molecule is O=C(Nc1sccc1C(=O)O)c1ccc2cn[nH]c2c1. The lowest BCUT2D eigenvalue weighted by atomic mass is 10.1. The van der Waals surface area contributed by atoms with E-state index < -0.39 is 5.97 Å². The number of carbonyl (C=O) groups excluding carboxylic acids is 1. The van der Waals surface area contributed by atoms with E-state index in [1.807, 2.05) is 0 Å². The van der Waals surface area contributed by atoms with E-state index in [1.165, 1.54) is 17.4 Å². The number of aromatic amines is 1. The summed E-state index contributed by atoms with van der Waals surface area (Å²) in [7, 11) is 0. The maximum absolute atomic E-state index is 12.1. The number of benzene rings is 1. The normalized spacial score (nSPS) is 10.6. The van der Waals surface area contributed by atoms with Gasteiger partial charge < -0.3 is 10.4 Å². The molecule has 0 aliphatic carbocycles. The molecule has 3 rings (SSSR count). The number of aromatic carboxylic acids is 1. The lowest BCUT2D eigenvalue weighted by Crippen LogP contribution is -2.13. The molecule has 0 aliphatic rings. The van der Waals surface area contributed by atoms with Crippen LogP contribution in [0.15, 0.2) is 35.8 Å². The maximum Gasteiger partial charge on any atom is 0.338 e. The van der Waals surface area contributed by atoms with E-state index in [9.17, 15) is 9.59 Å². The van der Waals surface area contributed by atoms with Crippen molar-refractivity contribution < 1.29 is 14.7 Å². The van der Waals surface area contributed by atoms with Gasteiger partial charge in [-0.2, -0.15) is 5.10 Å². The third-order valence-electron chi connectivity index (χ3n) is 2.83. The Morgan fingerprint density at radius 1 is 1.30 bits per heavy atom. The number of nitrogens with one attached hydrogen (secondary N) is 2. The van der Waals surface area contributed by atoms with E-state index in [2.05, 4.69) is 15.5 Å². The second-order valence-corrected chi connectivity index (χ2v) is 5.01. The number of amides is 1. The lowest BCUT2D eigenvalue weighted by molar-refractivity contribution is 0.0698. The van der Waals surface area contributed by atoms with Crippen molar-refractivity contribution in [1.82, 2.24) is 10.2 Å². The largest absolute Gasteiger partial charge is 0.478 e. The van der Waals surface area contributed by atoms with E-state index in [4.69, 9.17) is 5.11 Å². The number of carbonyl (C=O) groups is 2. The molecule has 3 N–H and O–H groups in total. The van der Waals surface area contributed by atoms with Crippen LogP contribution in [0.5, 0.6) is 0 Å². The van der Waals surface area contributed by atoms with Crippen LogP contribution in [0, 0.1) is 0 Å². The summed E-state index contributed by atoms with van der Waals surface area (Å²) in [5, 5.41) is 21.1. The van der Waals surface area contributed by atoms with Gasteiger partial charge in [0.15, 0.2) is 0 Å². The van der Waals surface area contributed by atoms with Crippen molar-refractivity contribution in [1.29, 1.82) is 0 Å². The van der Waals surface area contributed by atoms with Crippen LogP contribution < -0.4 is 5.32 Å². The molecule has 20 heavy (non-hydrogen) atoms. The molecule has 1 aromatic carbocycles. The second-order valence-electron chi connectivity index (χ2n) is 4.09. The van der Waals surface area contributed by atoms with Gasteiger partial charge in [-0.05, 0) is 23.6 Å². The average molecular weight is 287 g/mol. The number of H-pyrrole nitrogens is 1. The van der Waals surface area contributed by atoms with Crippen LogP contribution in [0.1, 0.15) is 20.7 Å². The Labute approximate surface area is 117 Å². The summed E-state index contributed by atoms with van der Waals surface area (Å²) in [6.07, 6.45) is 1.67. The van der Waals surface area contributed by atoms with Gasteiger partial charge in [0.05, 0.1) is 17.3 Å². The number of fused-ring (bicyclic) bond motifs is 1. The molecular weight excluding hydrogens is 278 g/mol. The van der Waals surface area contributed by atoms with Crippen molar-refractivity contribution in [2.45, 2.75) is 0 Å². The number of rotatable bonds is 3. The fourth-order valence-electron chi connectivity index (χ4n) is 1.83. The maximum atomic E-state index is 12.1. The Kier molecular flexibility index (Phi) is 2.96. The highest BCUT2D eigenvalue weighted by Crippen LogP contribution is 2.24. The molecule has 0 bridgehead atoms. The lowest BCUT2D eigenvalue weighted by Gasteiger charge is -2.04. The Hall–Kier alpha value is -2.67. The third-order valence-corrected chi connectivity index (χ3v) is 3.66. The molecule has 2 aromatic heterocycles. The standard InChI is InChI=1S/C13H9N3O3S/c17-11(15-12-9(13(18)19)3-4-20-12)7-1-2-8-6-14-16-10(8)5-7/h1-6H,(H,14,16)(H,15,17)(H,18,19). The van der Waals surface area contributed by atoms with Gasteiger partial charge in [-0.3, -0.25) is 9.89 Å². The zero-order chi connectivity index (χ0) is 14.1. The van der Waals surface area contributed by atoms with Crippen molar-refractivity contribution in [3.8, 4) is 0 Å². The molecule has 0 spiro atoms. The number of thiophene rings is 1. The second kappa shape index (κ2) is 4.78. The molecule has 0 saturated heterocycles. The van der Waals surface area contributed by atoms with Crippen LogP contribution in [0.4, 0.5) is 5.00 Å². The molecule has 6 nitrogen and oxygen atoms in total. The van der Waals surface area contributed by atoms with Gasteiger partial charge in [-0.25, -0.2) is 4.79 Å². The molecule has 2 heterocycles. The molecular formula is C13H9N3O3S. The highest BCUT2D eigenvalue weighted by molar-refractivity contribution is 7.14. The first kappa shape index (κ1) is 12.4. The zero-order valence-corrected chi connectivity index (χ0v) is 10.9. The number of aromatic nitrogens is 2. The van der Waals surface area contributed by atoms with Crippen molar-refractivity contribution in [3.05, 3.63) is 47.0 Å². The van der Waals surface area contributed by atoms with E-state index in [-0.39, 0.29) is 11.5 Å². The number of nitrogens with zero attached hydrogens (tertiary/aromatic N) is 1. The van der Waals surface area contributed by atoms with Gasteiger partial charge in [0, 0.05) is 10.9 Å². The van der Waals surface area contributed by atoms with Gasteiger partial charge in [0.25, 0.3) is 5.91 Å². The fraction of sp³-hybridized carbons (Fsp3) is 0. The Morgan fingerprint density at radius 2 is 2.15 bits per heavy atom. The number of carboxylic acids is 1. The minimum Gasteiger partial charge on any atom is -0.478 e. The molecule has 0 saturated carbocycles. The zero-order valence-electron chi connectivity index (χ0n) is 10.1. The summed E-state index contributed by atoms with van der Waals surface area (Å²) in [6.45, 7) is 0. The molecule has 1 amide bonds. The number of carboxylic acid groups (broad SMARTS) is 1. The topological polar surface area (TPSA) is 95.1 Å². The van der Waals surface area contributed by atoms with Crippen molar-refractivity contribution in [2.75, 3.05) is 5.32 Å². The third kappa shape index (κ3) is 2.14. The summed E-state index contributed by atoms with van der Waals surface area (Å²) in [5.74, 6) is -1.42. The van der Waals surface area contributed by atoms with Crippen LogP contribution >= 0.6 is 11.3 Å². The summed E-state index contributed by atoms with van der Waals surface area (Å²) in [4.78, 5) is 23.1. The highest BCUT2D eigenvalue weighted by atomic mass is 32.1. The molecule has 100 valence electrons. The van der Waals surface area contributed by atoms with Crippen LogP contribution in [0.25, 0.3) is 10.9 Å². The smallest absolute Gasteiger partial charge is 0.338 e. The minimum absolute atomic E-state index is 0.0889. The molecule has 0 atom stereocenters. The Bertz CT molecular complexity index is 806. The van der Waals surface area contributed by atoms with Crippen LogP contribution in [-0.4, -0.2) is 27.2 Å². The van der Waals surface area contributed by atoms with Crippen molar-refractivity contribution in [3.63, 3.8) is 0 Å². The molecule has 7 heteroatoms. The van der Waals surface area contributed by atoms with E-state index >= 15 is 0 Å². The quantitative estimate of drug-likeness (QED) is 0.690. The van der Waals surface area contributed by atoms with Crippen LogP contribution in [-0.2, 0) is 0 Å². The van der Waals surface area contributed by atoms with Crippen LogP contribution in [0.2, 0.25) is 0 Å². The number of hydrogen-bond acceptors (Lipinski definition) is 4. The van der Waals surface area contributed by atoms with Gasteiger partial charge in [0.1, 0.15) is 5.00 Å². The molecule has 3 aromatic rings. The first-order chi connectivity index (χ1) is 9.65. The van der Waals surface area contributed by atoms with E-state index in [1.54, 1.807) is 29.8 Å². The van der Waals surface area contributed by atoms with Crippen molar-refractivity contribution >= 4 is 39.1 Å². The summed E-state index contributed by atoms with van der Waals surface area (Å²) < 4.78 is 0. The molecule has 0 radical (unpaired) electrons. The first-order valence-electron chi connectivity index (χ1n) is 5.70. The first-order valence-corrected chi connectivity index (χ1v) is 6.58. The Balaban J connectivity index is 1.88. The van der Waals surface area contributed by atoms with E-state index in [0.29, 0.717) is 10.6 Å². The Morgan fingerprint density at radius 3 is 2.95 bits per heavy atom. The summed E-state index contributed by atoms with van der Waals surface area (Å²) >= 11 is 1.17. The number of hydrogen-bond donors (Lipinski definition) is 3.